The second-order valence-electron chi connectivity index (χ2n) is 5.68. The van der Waals surface area contributed by atoms with Gasteiger partial charge in [-0.2, -0.15) is 0 Å². The van der Waals surface area contributed by atoms with Crippen LogP contribution in [0.4, 0.5) is 5.69 Å². The lowest BCUT2D eigenvalue weighted by atomic mass is 10.1. The molecule has 3 N–H and O–H groups in total. The summed E-state index contributed by atoms with van der Waals surface area (Å²) >= 11 is 0. The molecule has 0 bridgehead atoms. The van der Waals surface area contributed by atoms with Gasteiger partial charge < -0.3 is 15.5 Å². The van der Waals surface area contributed by atoms with E-state index in [1.165, 1.54) is 6.92 Å². The smallest absolute Gasteiger partial charge is 0.279 e. The van der Waals surface area contributed by atoms with Crippen LogP contribution in [0.5, 0.6) is 0 Å². The van der Waals surface area contributed by atoms with Gasteiger partial charge >= 0.3 is 0 Å². The van der Waals surface area contributed by atoms with E-state index in [0.29, 0.717) is 11.3 Å². The van der Waals surface area contributed by atoms with E-state index < -0.39 is 0 Å². The number of hydrogen-bond donors (Lipinski definition) is 3. The summed E-state index contributed by atoms with van der Waals surface area (Å²) in [5, 5.41) is 5.51. The molecule has 1 unspecified atom stereocenters. The molecule has 0 radical (unpaired) electrons. The Balaban J connectivity index is 2.56. The van der Waals surface area contributed by atoms with E-state index >= 15 is 0 Å². The molecule has 6 nitrogen and oxygen atoms in total. The fraction of sp³-hybridized carbons (Fsp3) is 0.438. The molecule has 0 fully saturated rings. The van der Waals surface area contributed by atoms with Crippen molar-refractivity contribution in [3.05, 3.63) is 29.8 Å². The minimum atomic E-state index is -0.233. The van der Waals surface area contributed by atoms with E-state index in [1.807, 2.05) is 13.8 Å². The molecular formula is C16H24N3O3+. The van der Waals surface area contributed by atoms with E-state index in [9.17, 15) is 14.4 Å². The normalized spacial score (nSPS) is 11.9. The predicted molar refractivity (Wildman–Crippen MR) is 85.0 cm³/mol. The molecule has 0 saturated carbocycles. The topological polar surface area (TPSA) is 79.7 Å². The zero-order chi connectivity index (χ0) is 16.7. The van der Waals surface area contributed by atoms with Crippen LogP contribution >= 0.6 is 0 Å². The van der Waals surface area contributed by atoms with Gasteiger partial charge in [0.05, 0.1) is 12.7 Å². The third-order valence-corrected chi connectivity index (χ3v) is 2.95. The standard InChI is InChI=1S/C16H23N3O3/c1-11(2)17-15(21)9-19(4)10-16(22)18-14-8-6-5-7-13(14)12(3)20/h5-8,11H,9-10H2,1-4H3,(H,17,21)(H,18,22)/p+1. The average Bonchev–Trinajstić information content (AvgIpc) is 2.37. The van der Waals surface area contributed by atoms with Crippen LogP contribution in [-0.4, -0.2) is 43.8 Å². The quantitative estimate of drug-likeness (QED) is 0.614. The summed E-state index contributed by atoms with van der Waals surface area (Å²) in [6.07, 6.45) is 0. The Morgan fingerprint density at radius 1 is 1.09 bits per heavy atom. The van der Waals surface area contributed by atoms with E-state index in [0.717, 1.165) is 4.90 Å². The molecular weight excluding hydrogens is 282 g/mol. The number of carbonyl (C=O) groups excluding carboxylic acids is 3. The molecule has 22 heavy (non-hydrogen) atoms. The number of likely N-dealkylation sites (N-methyl/N-ethyl adjacent to an activating group) is 1. The molecule has 2 amide bonds. The molecule has 0 spiro atoms. The van der Waals surface area contributed by atoms with Gasteiger partial charge in [0.15, 0.2) is 18.9 Å². The van der Waals surface area contributed by atoms with Crippen LogP contribution in [-0.2, 0) is 9.59 Å². The number of anilines is 1. The molecule has 0 aromatic heterocycles. The van der Waals surface area contributed by atoms with Crippen molar-refractivity contribution < 1.29 is 19.3 Å². The van der Waals surface area contributed by atoms with Gasteiger partial charge in [-0.3, -0.25) is 14.4 Å². The number of rotatable bonds is 7. The first kappa shape index (κ1) is 17.8. The summed E-state index contributed by atoms with van der Waals surface area (Å²) in [6.45, 7) is 5.60. The number of Topliss-reactive ketones (excluding diaryl/α,β-unsaturated/α-hetero) is 1. The van der Waals surface area contributed by atoms with E-state index in [1.54, 1.807) is 31.3 Å². The maximum atomic E-state index is 12.0. The molecule has 1 aromatic carbocycles. The van der Waals surface area contributed by atoms with Crippen LogP contribution in [0.25, 0.3) is 0 Å². The summed E-state index contributed by atoms with van der Waals surface area (Å²) in [4.78, 5) is 35.9. The van der Waals surface area contributed by atoms with Gasteiger partial charge in [-0.1, -0.05) is 12.1 Å². The highest BCUT2D eigenvalue weighted by atomic mass is 16.2. The van der Waals surface area contributed by atoms with Crippen LogP contribution in [0.15, 0.2) is 24.3 Å². The number of ketones is 1. The largest absolute Gasteiger partial charge is 0.349 e. The van der Waals surface area contributed by atoms with Gasteiger partial charge in [-0.25, -0.2) is 0 Å². The van der Waals surface area contributed by atoms with Crippen molar-refractivity contribution in [2.24, 2.45) is 0 Å². The predicted octanol–water partition coefficient (Wildman–Crippen LogP) is -0.133. The Morgan fingerprint density at radius 3 is 2.27 bits per heavy atom. The molecule has 6 heteroatoms. The Labute approximate surface area is 130 Å². The van der Waals surface area contributed by atoms with Crippen LogP contribution < -0.4 is 15.5 Å². The van der Waals surface area contributed by atoms with E-state index in [2.05, 4.69) is 10.6 Å². The van der Waals surface area contributed by atoms with Gasteiger partial charge in [0.25, 0.3) is 11.8 Å². The van der Waals surface area contributed by atoms with Crippen LogP contribution in [0.1, 0.15) is 31.1 Å². The monoisotopic (exact) mass is 306 g/mol. The van der Waals surface area contributed by atoms with Crippen molar-refractivity contribution in [3.63, 3.8) is 0 Å². The van der Waals surface area contributed by atoms with Gasteiger partial charge in [0.1, 0.15) is 0 Å². The van der Waals surface area contributed by atoms with Crippen molar-refractivity contribution in [1.82, 2.24) is 5.32 Å². The Kier molecular flexibility index (Phi) is 6.72. The number of hydrogen-bond acceptors (Lipinski definition) is 3. The van der Waals surface area contributed by atoms with Crippen molar-refractivity contribution in [2.75, 3.05) is 25.5 Å². The maximum Gasteiger partial charge on any atom is 0.279 e. The zero-order valence-electron chi connectivity index (χ0n) is 13.5. The highest BCUT2D eigenvalue weighted by molar-refractivity contribution is 6.03. The van der Waals surface area contributed by atoms with Crippen molar-refractivity contribution in [3.8, 4) is 0 Å². The highest BCUT2D eigenvalue weighted by Gasteiger charge is 2.16. The maximum absolute atomic E-state index is 12.0. The molecule has 0 aliphatic carbocycles. The molecule has 0 aliphatic heterocycles. The van der Waals surface area contributed by atoms with Gasteiger partial charge in [-0.15, -0.1) is 0 Å². The fourth-order valence-electron chi connectivity index (χ4n) is 2.08. The fourth-order valence-corrected chi connectivity index (χ4v) is 2.08. The van der Waals surface area contributed by atoms with Crippen molar-refractivity contribution >= 4 is 23.3 Å². The molecule has 0 heterocycles. The number of amides is 2. The summed E-state index contributed by atoms with van der Waals surface area (Å²) in [6, 6.07) is 6.95. The first-order valence-corrected chi connectivity index (χ1v) is 7.30. The van der Waals surface area contributed by atoms with Gasteiger partial charge in [0.2, 0.25) is 0 Å². The SMILES string of the molecule is CC(=O)c1ccccc1NC(=O)C[NH+](C)CC(=O)NC(C)C. The summed E-state index contributed by atoms with van der Waals surface area (Å²) in [5.74, 6) is -0.430. The van der Waals surface area contributed by atoms with Crippen molar-refractivity contribution in [1.29, 1.82) is 0 Å². The van der Waals surface area contributed by atoms with E-state index in [-0.39, 0.29) is 36.7 Å². The summed E-state index contributed by atoms with van der Waals surface area (Å²) in [5.41, 5.74) is 0.977. The number of carbonyl (C=O) groups is 3. The first-order chi connectivity index (χ1) is 10.3. The van der Waals surface area contributed by atoms with Crippen LogP contribution in [0, 0.1) is 0 Å². The summed E-state index contributed by atoms with van der Waals surface area (Å²) in [7, 11) is 1.77. The molecule has 0 aliphatic rings. The third-order valence-electron chi connectivity index (χ3n) is 2.95. The second-order valence-corrected chi connectivity index (χ2v) is 5.68. The second kappa shape index (κ2) is 8.29. The highest BCUT2D eigenvalue weighted by Crippen LogP contribution is 2.14. The number of nitrogens with one attached hydrogen (secondary N) is 3. The zero-order valence-corrected chi connectivity index (χ0v) is 13.5. The molecule has 1 aromatic rings. The number of para-hydroxylation sites is 1. The molecule has 120 valence electrons. The third kappa shape index (κ3) is 6.05. The lowest BCUT2D eigenvalue weighted by Gasteiger charge is -2.15. The Bertz CT molecular complexity index is 555. The Morgan fingerprint density at radius 2 is 1.68 bits per heavy atom. The lowest BCUT2D eigenvalue weighted by Crippen LogP contribution is -3.11. The first-order valence-electron chi connectivity index (χ1n) is 7.30. The molecule has 1 rings (SSSR count). The van der Waals surface area contributed by atoms with Crippen molar-refractivity contribution in [2.45, 2.75) is 26.8 Å². The molecule has 1 atom stereocenters. The van der Waals surface area contributed by atoms with E-state index in [4.69, 9.17) is 0 Å². The number of benzene rings is 1. The molecule has 0 saturated heterocycles. The number of quaternary nitrogens is 1. The van der Waals surface area contributed by atoms with Crippen LogP contribution in [0.3, 0.4) is 0 Å². The summed E-state index contributed by atoms with van der Waals surface area (Å²) < 4.78 is 0. The lowest BCUT2D eigenvalue weighted by molar-refractivity contribution is -0.862. The average molecular weight is 306 g/mol. The van der Waals surface area contributed by atoms with Gasteiger partial charge in [0, 0.05) is 11.6 Å². The Hall–Kier alpha value is -2.21. The minimum absolute atomic E-state index is 0.0802. The van der Waals surface area contributed by atoms with Crippen LogP contribution in [0.2, 0.25) is 0 Å². The minimum Gasteiger partial charge on any atom is -0.349 e. The van der Waals surface area contributed by atoms with Gasteiger partial charge in [-0.05, 0) is 32.9 Å².